The second kappa shape index (κ2) is 5.56. The molecule has 2 N–H and O–H groups in total. The van der Waals surface area contributed by atoms with E-state index in [0.717, 1.165) is 21.1 Å². The number of aryl methyl sites for hydroxylation is 1. The van der Waals surface area contributed by atoms with Gasteiger partial charge in [0.25, 0.3) is 0 Å². The molecule has 2 rings (SSSR count). The van der Waals surface area contributed by atoms with Crippen molar-refractivity contribution in [2.45, 2.75) is 13.5 Å². The molecule has 0 atom stereocenters. The smallest absolute Gasteiger partial charge is 0.124 e. The van der Waals surface area contributed by atoms with E-state index in [2.05, 4.69) is 24.0 Å². The Morgan fingerprint density at radius 3 is 2.61 bits per heavy atom. The van der Waals surface area contributed by atoms with Crippen molar-refractivity contribution in [1.29, 1.82) is 0 Å². The number of hydrogen-bond acceptors (Lipinski definition) is 4. The van der Waals surface area contributed by atoms with Crippen molar-refractivity contribution >= 4 is 28.5 Å². The van der Waals surface area contributed by atoms with Gasteiger partial charge in [0.15, 0.2) is 0 Å². The Labute approximate surface area is 116 Å². The summed E-state index contributed by atoms with van der Waals surface area (Å²) in [6.07, 6.45) is 0. The van der Waals surface area contributed by atoms with Crippen LogP contribution in [-0.4, -0.2) is 17.1 Å². The van der Waals surface area contributed by atoms with Gasteiger partial charge in [0.2, 0.25) is 0 Å². The Balaban J connectivity index is 2.42. The Morgan fingerprint density at radius 1 is 1.39 bits per heavy atom. The van der Waals surface area contributed by atoms with Crippen molar-refractivity contribution in [2.75, 3.05) is 7.11 Å². The third-order valence-corrected chi connectivity index (χ3v) is 4.01. The van der Waals surface area contributed by atoms with Crippen LogP contribution in [0.2, 0.25) is 0 Å². The van der Waals surface area contributed by atoms with Gasteiger partial charge in [-0.2, -0.15) is 0 Å². The third kappa shape index (κ3) is 2.75. The Bertz CT molecular complexity index is 561. The van der Waals surface area contributed by atoms with Crippen LogP contribution in [0.5, 0.6) is 0 Å². The predicted molar refractivity (Wildman–Crippen MR) is 78.9 cm³/mol. The van der Waals surface area contributed by atoms with Crippen LogP contribution in [0.4, 0.5) is 0 Å². The molecule has 1 aromatic heterocycles. The summed E-state index contributed by atoms with van der Waals surface area (Å²) in [4.78, 5) is 5.76. The molecule has 1 aromatic carbocycles. The lowest BCUT2D eigenvalue weighted by atomic mass is 10.2. The normalized spacial score (nSPS) is 10.6. The molecule has 0 fully saturated rings. The van der Waals surface area contributed by atoms with E-state index < -0.39 is 0 Å². The number of aromatic nitrogens is 1. The van der Waals surface area contributed by atoms with Crippen molar-refractivity contribution in [3.8, 4) is 10.6 Å². The average molecular weight is 278 g/mol. The molecule has 0 radical (unpaired) electrons. The summed E-state index contributed by atoms with van der Waals surface area (Å²) < 4.78 is 5.12. The fraction of sp³-hybridized carbons (Fsp3) is 0.231. The van der Waals surface area contributed by atoms with Crippen molar-refractivity contribution in [1.82, 2.24) is 4.98 Å². The fourth-order valence-electron chi connectivity index (χ4n) is 1.60. The largest absolute Gasteiger partial charge is 0.389 e. The summed E-state index contributed by atoms with van der Waals surface area (Å²) in [7, 11) is 1.63. The number of nitrogens with zero attached hydrogens (tertiary/aromatic N) is 1. The first-order valence-electron chi connectivity index (χ1n) is 5.47. The van der Waals surface area contributed by atoms with Crippen molar-refractivity contribution in [3.63, 3.8) is 0 Å². The zero-order valence-corrected chi connectivity index (χ0v) is 11.9. The Kier molecular flexibility index (Phi) is 4.06. The van der Waals surface area contributed by atoms with Crippen LogP contribution in [0, 0.1) is 6.92 Å². The number of rotatable bonds is 4. The topological polar surface area (TPSA) is 48.1 Å². The molecule has 1 heterocycles. The van der Waals surface area contributed by atoms with E-state index >= 15 is 0 Å². The summed E-state index contributed by atoms with van der Waals surface area (Å²) >= 11 is 6.55. The van der Waals surface area contributed by atoms with Gasteiger partial charge in [-0.3, -0.25) is 0 Å². The number of thiocarbonyl (C=S) groups is 1. The molecule has 0 saturated heterocycles. The zero-order valence-electron chi connectivity index (χ0n) is 10.3. The SMILES string of the molecule is COCc1nc(-c2ccc(C)cc2)sc1C(N)=S. The lowest BCUT2D eigenvalue weighted by molar-refractivity contribution is 0.182. The standard InChI is InChI=1S/C13H14N2OS2/c1-8-3-5-9(6-4-8)13-15-10(7-16-2)11(18-13)12(14)17/h3-6H,7H2,1-2H3,(H2,14,17). The molecule has 0 unspecified atom stereocenters. The fourth-order valence-corrected chi connectivity index (χ4v) is 2.77. The molecule has 18 heavy (non-hydrogen) atoms. The van der Waals surface area contributed by atoms with Crippen molar-refractivity contribution < 1.29 is 4.74 Å². The highest BCUT2D eigenvalue weighted by Crippen LogP contribution is 2.28. The van der Waals surface area contributed by atoms with Crippen LogP contribution in [0.25, 0.3) is 10.6 Å². The molecule has 0 saturated carbocycles. The number of thiazole rings is 1. The van der Waals surface area contributed by atoms with Gasteiger partial charge in [-0.05, 0) is 6.92 Å². The van der Waals surface area contributed by atoms with Gasteiger partial charge >= 0.3 is 0 Å². The maximum atomic E-state index is 5.71. The minimum atomic E-state index is 0.373. The quantitative estimate of drug-likeness (QED) is 0.874. The van der Waals surface area contributed by atoms with Gasteiger partial charge in [-0.25, -0.2) is 4.98 Å². The molecule has 3 nitrogen and oxygen atoms in total. The number of ether oxygens (including phenoxy) is 1. The van der Waals surface area contributed by atoms with E-state index in [1.54, 1.807) is 7.11 Å². The first-order chi connectivity index (χ1) is 8.61. The van der Waals surface area contributed by atoms with Crippen molar-refractivity contribution in [2.24, 2.45) is 5.73 Å². The van der Waals surface area contributed by atoms with E-state index in [0.29, 0.717) is 11.6 Å². The van der Waals surface area contributed by atoms with Gasteiger partial charge in [-0.15, -0.1) is 11.3 Å². The average Bonchev–Trinajstić information content (AvgIpc) is 2.75. The molecule has 0 amide bonds. The Hall–Kier alpha value is -1.30. The maximum absolute atomic E-state index is 5.71. The molecular formula is C13H14N2OS2. The Morgan fingerprint density at radius 2 is 2.06 bits per heavy atom. The summed E-state index contributed by atoms with van der Waals surface area (Å²) in [5, 5.41) is 0.921. The monoisotopic (exact) mass is 278 g/mol. The van der Waals surface area contributed by atoms with E-state index in [4.69, 9.17) is 22.7 Å². The molecule has 0 spiro atoms. The number of methoxy groups -OCH3 is 1. The van der Waals surface area contributed by atoms with Crippen LogP contribution in [0.3, 0.4) is 0 Å². The summed E-state index contributed by atoms with van der Waals surface area (Å²) in [5.74, 6) is 0. The highest BCUT2D eigenvalue weighted by atomic mass is 32.1. The van der Waals surface area contributed by atoms with Crippen LogP contribution < -0.4 is 5.73 Å². The predicted octanol–water partition coefficient (Wildman–Crippen LogP) is 2.90. The molecule has 0 aliphatic heterocycles. The summed E-state index contributed by atoms with van der Waals surface area (Å²) in [5.41, 5.74) is 8.82. The van der Waals surface area contributed by atoms with Crippen LogP contribution >= 0.6 is 23.6 Å². The summed E-state index contributed by atoms with van der Waals surface area (Å²) in [6, 6.07) is 8.22. The molecular weight excluding hydrogens is 264 g/mol. The highest BCUT2D eigenvalue weighted by Gasteiger charge is 2.14. The molecule has 0 bridgehead atoms. The van der Waals surface area contributed by atoms with Gasteiger partial charge in [0.05, 0.1) is 17.2 Å². The minimum Gasteiger partial charge on any atom is -0.389 e. The minimum absolute atomic E-state index is 0.373. The van der Waals surface area contributed by atoms with Crippen molar-refractivity contribution in [3.05, 3.63) is 40.4 Å². The van der Waals surface area contributed by atoms with Crippen LogP contribution in [0.1, 0.15) is 16.1 Å². The van der Waals surface area contributed by atoms with Gasteiger partial charge in [0, 0.05) is 12.7 Å². The molecule has 2 aromatic rings. The lowest BCUT2D eigenvalue weighted by Gasteiger charge is -1.97. The molecule has 94 valence electrons. The van der Waals surface area contributed by atoms with E-state index in [9.17, 15) is 0 Å². The molecule has 0 aliphatic carbocycles. The van der Waals surface area contributed by atoms with Gasteiger partial charge in [-0.1, -0.05) is 42.0 Å². The van der Waals surface area contributed by atoms with E-state index in [1.807, 2.05) is 12.1 Å². The number of hydrogen-bond donors (Lipinski definition) is 1. The first kappa shape index (κ1) is 13.1. The maximum Gasteiger partial charge on any atom is 0.124 e. The highest BCUT2D eigenvalue weighted by molar-refractivity contribution is 7.81. The van der Waals surface area contributed by atoms with Gasteiger partial charge in [0.1, 0.15) is 10.00 Å². The van der Waals surface area contributed by atoms with Gasteiger partial charge < -0.3 is 10.5 Å². The molecule has 5 heteroatoms. The number of nitrogens with two attached hydrogens (primary N) is 1. The summed E-state index contributed by atoms with van der Waals surface area (Å²) in [6.45, 7) is 2.48. The first-order valence-corrected chi connectivity index (χ1v) is 6.69. The number of benzene rings is 1. The van der Waals surface area contributed by atoms with Crippen LogP contribution in [0.15, 0.2) is 24.3 Å². The third-order valence-electron chi connectivity index (χ3n) is 2.50. The second-order valence-corrected chi connectivity index (χ2v) is 5.40. The molecule has 0 aliphatic rings. The van der Waals surface area contributed by atoms with E-state index in [1.165, 1.54) is 16.9 Å². The lowest BCUT2D eigenvalue weighted by Crippen LogP contribution is -2.10. The van der Waals surface area contributed by atoms with E-state index in [-0.39, 0.29) is 0 Å². The zero-order chi connectivity index (χ0) is 13.1. The van der Waals surface area contributed by atoms with Crippen LogP contribution in [-0.2, 0) is 11.3 Å². The second-order valence-electron chi connectivity index (χ2n) is 3.96.